The summed E-state index contributed by atoms with van der Waals surface area (Å²) in [4.78, 5) is 25.8. The molecule has 2 aromatic heterocycles. The maximum Gasteiger partial charge on any atom is 0.348 e. The minimum absolute atomic E-state index is 0.313. The zero-order valence-corrected chi connectivity index (χ0v) is 14.4. The third-order valence-corrected chi connectivity index (χ3v) is 5.14. The molecular formula is C17H20N2O4S. The Bertz CT molecular complexity index is 709. The Labute approximate surface area is 144 Å². The molecule has 0 atom stereocenters. The number of nitrogens with one attached hydrogen (secondary N) is 1. The molecule has 1 amide bonds. The molecule has 0 saturated heterocycles. The van der Waals surface area contributed by atoms with E-state index in [4.69, 9.17) is 9.26 Å². The van der Waals surface area contributed by atoms with Crippen molar-refractivity contribution in [2.24, 2.45) is 0 Å². The lowest BCUT2D eigenvalue weighted by atomic mass is 10.00. The van der Waals surface area contributed by atoms with E-state index >= 15 is 0 Å². The Morgan fingerprint density at radius 2 is 2.04 bits per heavy atom. The van der Waals surface area contributed by atoms with Crippen LogP contribution in [0.3, 0.4) is 0 Å². The first kappa shape index (κ1) is 16.7. The van der Waals surface area contributed by atoms with Gasteiger partial charge < -0.3 is 14.6 Å². The van der Waals surface area contributed by atoms with Gasteiger partial charge in [0.05, 0.1) is 0 Å². The van der Waals surface area contributed by atoms with Gasteiger partial charge in [-0.3, -0.25) is 4.79 Å². The van der Waals surface area contributed by atoms with Crippen LogP contribution in [0.15, 0.2) is 16.7 Å². The van der Waals surface area contributed by atoms with Crippen LogP contribution in [0.5, 0.6) is 0 Å². The zero-order valence-electron chi connectivity index (χ0n) is 13.6. The van der Waals surface area contributed by atoms with E-state index in [1.54, 1.807) is 13.0 Å². The molecule has 0 radical (unpaired) electrons. The van der Waals surface area contributed by atoms with Gasteiger partial charge in [-0.25, -0.2) is 4.79 Å². The molecular weight excluding hydrogens is 328 g/mol. The summed E-state index contributed by atoms with van der Waals surface area (Å²) in [7, 11) is 0. The second kappa shape index (κ2) is 7.61. The molecule has 2 heterocycles. The molecule has 128 valence electrons. The number of aromatic nitrogens is 1. The Morgan fingerprint density at radius 1 is 1.25 bits per heavy atom. The van der Waals surface area contributed by atoms with Crippen molar-refractivity contribution in [3.8, 4) is 0 Å². The third kappa shape index (κ3) is 4.23. The second-order valence-electron chi connectivity index (χ2n) is 5.92. The highest BCUT2D eigenvalue weighted by atomic mass is 32.1. The fourth-order valence-electron chi connectivity index (χ4n) is 2.75. The van der Waals surface area contributed by atoms with Gasteiger partial charge in [-0.2, -0.15) is 0 Å². The molecule has 0 aromatic carbocycles. The molecule has 0 saturated carbocycles. The van der Waals surface area contributed by atoms with E-state index in [1.807, 2.05) is 6.07 Å². The molecule has 0 unspecified atom stereocenters. The molecule has 1 N–H and O–H groups in total. The third-order valence-electron chi connectivity index (χ3n) is 3.93. The van der Waals surface area contributed by atoms with Gasteiger partial charge in [0.2, 0.25) is 0 Å². The minimum Gasteiger partial charge on any atom is -0.451 e. The molecule has 6 nitrogen and oxygen atoms in total. The number of anilines is 1. The number of hydrogen-bond donors (Lipinski definition) is 1. The van der Waals surface area contributed by atoms with Gasteiger partial charge in [-0.1, -0.05) is 18.0 Å². The molecule has 0 bridgehead atoms. The summed E-state index contributed by atoms with van der Waals surface area (Å²) in [5.74, 6) is 0.0238. The van der Waals surface area contributed by atoms with Crippen LogP contribution < -0.4 is 5.32 Å². The molecule has 3 rings (SSSR count). The van der Waals surface area contributed by atoms with E-state index in [-0.39, 0.29) is 6.61 Å². The van der Waals surface area contributed by atoms with Crippen molar-refractivity contribution in [2.75, 3.05) is 11.9 Å². The van der Waals surface area contributed by atoms with Crippen LogP contribution in [0.4, 0.5) is 5.82 Å². The summed E-state index contributed by atoms with van der Waals surface area (Å²) in [5.41, 5.74) is 1.26. The van der Waals surface area contributed by atoms with E-state index in [9.17, 15) is 9.59 Å². The maximum absolute atomic E-state index is 12.2. The highest BCUT2D eigenvalue weighted by Crippen LogP contribution is 2.28. The van der Waals surface area contributed by atoms with Gasteiger partial charge in [-0.15, -0.1) is 11.3 Å². The number of rotatable bonds is 4. The molecule has 1 aliphatic rings. The van der Waals surface area contributed by atoms with E-state index in [2.05, 4.69) is 10.5 Å². The summed E-state index contributed by atoms with van der Waals surface area (Å²) in [6.45, 7) is 1.39. The highest BCUT2D eigenvalue weighted by Gasteiger charge is 2.18. The van der Waals surface area contributed by atoms with Gasteiger partial charge in [0, 0.05) is 10.9 Å². The van der Waals surface area contributed by atoms with Crippen molar-refractivity contribution in [1.29, 1.82) is 0 Å². The highest BCUT2D eigenvalue weighted by molar-refractivity contribution is 7.14. The lowest BCUT2D eigenvalue weighted by molar-refractivity contribution is -0.119. The Kier molecular flexibility index (Phi) is 5.30. The molecule has 7 heteroatoms. The lowest BCUT2D eigenvalue weighted by Crippen LogP contribution is -2.20. The maximum atomic E-state index is 12.2. The Balaban J connectivity index is 1.55. The first-order chi connectivity index (χ1) is 11.6. The molecule has 1 aliphatic carbocycles. The Hall–Kier alpha value is -2.15. The van der Waals surface area contributed by atoms with Crippen molar-refractivity contribution in [1.82, 2.24) is 5.16 Å². The van der Waals surface area contributed by atoms with Crippen molar-refractivity contribution in [3.63, 3.8) is 0 Å². The summed E-state index contributed by atoms with van der Waals surface area (Å²) in [6.07, 6.45) is 6.87. The smallest absolute Gasteiger partial charge is 0.348 e. The summed E-state index contributed by atoms with van der Waals surface area (Å²) in [5, 5.41) is 6.17. The number of ether oxygens (including phenoxy) is 1. The number of nitrogens with zero attached hydrogens (tertiary/aromatic N) is 1. The molecule has 2 aromatic rings. The summed E-state index contributed by atoms with van der Waals surface area (Å²) in [6, 6.07) is 3.52. The van der Waals surface area contributed by atoms with Gasteiger partial charge in [0.25, 0.3) is 5.91 Å². The number of hydrogen-bond acceptors (Lipinski definition) is 6. The van der Waals surface area contributed by atoms with Gasteiger partial charge in [-0.05, 0) is 44.2 Å². The number of amides is 1. The lowest BCUT2D eigenvalue weighted by Gasteiger charge is -2.07. The van der Waals surface area contributed by atoms with Crippen LogP contribution in [0.2, 0.25) is 0 Å². The van der Waals surface area contributed by atoms with Crippen LogP contribution in [0, 0.1) is 6.92 Å². The topological polar surface area (TPSA) is 81.4 Å². The van der Waals surface area contributed by atoms with Crippen molar-refractivity contribution >= 4 is 29.0 Å². The first-order valence-corrected chi connectivity index (χ1v) is 8.95. The summed E-state index contributed by atoms with van der Waals surface area (Å²) < 4.78 is 9.97. The molecule has 24 heavy (non-hydrogen) atoms. The van der Waals surface area contributed by atoms with Gasteiger partial charge >= 0.3 is 5.97 Å². The predicted octanol–water partition coefficient (Wildman–Crippen LogP) is 3.50. The average molecular weight is 348 g/mol. The van der Waals surface area contributed by atoms with Crippen LogP contribution >= 0.6 is 11.3 Å². The molecule has 0 aliphatic heterocycles. The number of aryl methyl sites for hydroxylation is 3. The van der Waals surface area contributed by atoms with E-state index in [1.165, 1.54) is 41.0 Å². The van der Waals surface area contributed by atoms with E-state index < -0.39 is 11.9 Å². The van der Waals surface area contributed by atoms with Crippen molar-refractivity contribution < 1.29 is 18.8 Å². The van der Waals surface area contributed by atoms with Gasteiger partial charge in [0.15, 0.2) is 12.4 Å². The quantitative estimate of drug-likeness (QED) is 0.855. The summed E-state index contributed by atoms with van der Waals surface area (Å²) >= 11 is 1.49. The van der Waals surface area contributed by atoms with Crippen LogP contribution in [0.1, 0.15) is 51.6 Å². The fourth-order valence-corrected chi connectivity index (χ4v) is 3.90. The monoisotopic (exact) mass is 348 g/mol. The number of carbonyl (C=O) groups is 2. The normalized spacial score (nSPS) is 14.4. The zero-order chi connectivity index (χ0) is 16.9. The number of carbonyl (C=O) groups excluding carboxylic acids is 2. The fraction of sp³-hybridized carbons (Fsp3) is 0.471. The first-order valence-electron chi connectivity index (χ1n) is 8.13. The van der Waals surface area contributed by atoms with Crippen LogP contribution in [-0.2, 0) is 22.4 Å². The van der Waals surface area contributed by atoms with Crippen molar-refractivity contribution in [3.05, 3.63) is 33.2 Å². The van der Waals surface area contributed by atoms with Gasteiger partial charge in [0.1, 0.15) is 10.6 Å². The molecule has 0 spiro atoms. The second-order valence-corrected chi connectivity index (χ2v) is 7.06. The van der Waals surface area contributed by atoms with Crippen molar-refractivity contribution in [2.45, 2.75) is 45.4 Å². The predicted molar refractivity (Wildman–Crippen MR) is 90.3 cm³/mol. The van der Waals surface area contributed by atoms with E-state index in [0.29, 0.717) is 16.5 Å². The minimum atomic E-state index is -0.446. The number of fused-ring (bicyclic) bond motifs is 1. The number of thiophene rings is 1. The average Bonchev–Trinajstić information content (AvgIpc) is 3.11. The van der Waals surface area contributed by atoms with E-state index in [0.717, 1.165) is 19.3 Å². The standard InChI is InChI=1S/C17H20N2O4S/c1-11-8-15(19-23-11)18-16(20)10-22-17(21)14-9-12-6-4-2-3-5-7-13(12)24-14/h8-9H,2-7,10H2,1H3,(H,18,19,20). The SMILES string of the molecule is Cc1cc(NC(=O)COC(=O)c2cc3c(s2)CCCCCC3)no1. The van der Waals surface area contributed by atoms with Crippen LogP contribution in [0.25, 0.3) is 0 Å². The largest absolute Gasteiger partial charge is 0.451 e. The molecule has 0 fully saturated rings. The van der Waals surface area contributed by atoms with Crippen LogP contribution in [-0.4, -0.2) is 23.6 Å². The Morgan fingerprint density at radius 3 is 2.79 bits per heavy atom. The number of esters is 1.